The number of pyridine rings is 1. The molecule has 1 heterocycles. The third kappa shape index (κ3) is 2.29. The summed E-state index contributed by atoms with van der Waals surface area (Å²) >= 11 is 5.69. The molecule has 0 aliphatic heterocycles. The van der Waals surface area contributed by atoms with Crippen LogP contribution in [0.2, 0.25) is 0 Å². The number of alkyl halides is 1. The first-order chi connectivity index (χ1) is 9.67. The summed E-state index contributed by atoms with van der Waals surface area (Å²) in [6, 6.07) is 3.47. The fourth-order valence-corrected chi connectivity index (χ4v) is 2.36. The molecule has 0 saturated heterocycles. The van der Waals surface area contributed by atoms with Crippen molar-refractivity contribution in [3.05, 3.63) is 28.7 Å². The van der Waals surface area contributed by atoms with Gasteiger partial charge in [-0.3, -0.25) is 4.79 Å². The molecule has 2 aromatic rings. The molecule has 0 radical (unpaired) electrons. The number of nitrogens with zero attached hydrogens (tertiary/aromatic N) is 1. The Morgan fingerprint density at radius 2 is 1.80 bits per heavy atom. The number of fused-ring (bicyclic) bond motifs is 1. The molecule has 108 valence electrons. The molecule has 1 aromatic carbocycles. The van der Waals surface area contributed by atoms with Gasteiger partial charge in [0.25, 0.3) is 5.56 Å². The molecule has 0 aliphatic carbocycles. The van der Waals surface area contributed by atoms with Gasteiger partial charge in [-0.25, -0.2) is 0 Å². The van der Waals surface area contributed by atoms with Gasteiger partial charge in [-0.05, 0) is 12.1 Å². The number of aromatic nitrogens is 1. The van der Waals surface area contributed by atoms with Crippen LogP contribution in [0.15, 0.2) is 23.1 Å². The minimum absolute atomic E-state index is 0.137. The Kier molecular flexibility index (Phi) is 4.39. The molecule has 5 nitrogen and oxygen atoms in total. The molecule has 0 spiro atoms. The summed E-state index contributed by atoms with van der Waals surface area (Å²) in [4.78, 5) is 12.4. The summed E-state index contributed by atoms with van der Waals surface area (Å²) in [7, 11) is 4.57. The first-order valence-corrected chi connectivity index (χ1v) is 6.59. The van der Waals surface area contributed by atoms with Crippen LogP contribution in [-0.4, -0.2) is 31.8 Å². The monoisotopic (exact) mass is 297 g/mol. The van der Waals surface area contributed by atoms with E-state index < -0.39 is 0 Å². The molecule has 20 heavy (non-hydrogen) atoms. The zero-order valence-electron chi connectivity index (χ0n) is 11.6. The summed E-state index contributed by atoms with van der Waals surface area (Å²) < 4.78 is 17.5. The maximum Gasteiger partial charge on any atom is 0.258 e. The Balaban J connectivity index is 2.84. The van der Waals surface area contributed by atoms with Crippen LogP contribution < -0.4 is 19.8 Å². The highest BCUT2D eigenvalue weighted by molar-refractivity contribution is 6.17. The van der Waals surface area contributed by atoms with Gasteiger partial charge in [-0.15, -0.1) is 11.6 Å². The molecule has 2 rings (SSSR count). The highest BCUT2D eigenvalue weighted by Crippen LogP contribution is 2.42. The summed E-state index contributed by atoms with van der Waals surface area (Å²) in [5.74, 6) is 1.78. The minimum Gasteiger partial charge on any atom is -0.493 e. The summed E-state index contributed by atoms with van der Waals surface area (Å²) in [5.41, 5.74) is -0.137. The lowest BCUT2D eigenvalue weighted by Crippen LogP contribution is -2.20. The van der Waals surface area contributed by atoms with Crippen molar-refractivity contribution >= 4 is 22.4 Å². The Labute approximate surface area is 121 Å². The SMILES string of the molecule is COc1cc2c(=O)n(CCCl)ccc2c(OC)c1OC. The molecule has 0 amide bonds. The molecule has 6 heteroatoms. The predicted octanol–water partition coefficient (Wildman–Crippen LogP) is 2.27. The molecule has 0 atom stereocenters. The van der Waals surface area contributed by atoms with Crippen molar-refractivity contribution in [1.82, 2.24) is 4.57 Å². The zero-order chi connectivity index (χ0) is 14.7. The average molecular weight is 298 g/mol. The molecule has 0 fully saturated rings. The molecule has 0 N–H and O–H groups in total. The van der Waals surface area contributed by atoms with Crippen LogP contribution in [0.4, 0.5) is 0 Å². The van der Waals surface area contributed by atoms with Crippen LogP contribution in [0, 0.1) is 0 Å². The van der Waals surface area contributed by atoms with Crippen molar-refractivity contribution in [1.29, 1.82) is 0 Å². The Morgan fingerprint density at radius 3 is 2.35 bits per heavy atom. The van der Waals surface area contributed by atoms with Crippen LogP contribution in [-0.2, 0) is 6.54 Å². The van der Waals surface area contributed by atoms with Crippen molar-refractivity contribution in [2.45, 2.75) is 6.54 Å². The van der Waals surface area contributed by atoms with Crippen molar-refractivity contribution in [3.8, 4) is 17.2 Å². The second-order valence-corrected chi connectivity index (χ2v) is 4.49. The first-order valence-electron chi connectivity index (χ1n) is 6.06. The number of methoxy groups -OCH3 is 3. The predicted molar refractivity (Wildman–Crippen MR) is 78.6 cm³/mol. The topological polar surface area (TPSA) is 49.7 Å². The van der Waals surface area contributed by atoms with E-state index in [2.05, 4.69) is 0 Å². The molecule has 0 unspecified atom stereocenters. The van der Waals surface area contributed by atoms with Crippen molar-refractivity contribution in [3.63, 3.8) is 0 Å². The molecule has 0 aliphatic rings. The van der Waals surface area contributed by atoms with E-state index in [0.29, 0.717) is 40.4 Å². The minimum atomic E-state index is -0.137. The Hall–Kier alpha value is -1.88. The van der Waals surface area contributed by atoms with Gasteiger partial charge in [0, 0.05) is 24.0 Å². The molecular formula is C14H16ClNO4. The van der Waals surface area contributed by atoms with E-state index in [-0.39, 0.29) is 5.56 Å². The second kappa shape index (κ2) is 6.05. The number of halogens is 1. The smallest absolute Gasteiger partial charge is 0.258 e. The summed E-state index contributed by atoms with van der Waals surface area (Å²) in [6.07, 6.45) is 1.70. The van der Waals surface area contributed by atoms with Crippen molar-refractivity contribution < 1.29 is 14.2 Å². The molecule has 0 bridgehead atoms. The fraction of sp³-hybridized carbons (Fsp3) is 0.357. The lowest BCUT2D eigenvalue weighted by atomic mass is 10.1. The number of hydrogen-bond donors (Lipinski definition) is 0. The van der Waals surface area contributed by atoms with Crippen LogP contribution in [0.5, 0.6) is 17.2 Å². The quantitative estimate of drug-likeness (QED) is 0.794. The van der Waals surface area contributed by atoms with Gasteiger partial charge in [-0.1, -0.05) is 0 Å². The number of ether oxygens (including phenoxy) is 3. The highest BCUT2D eigenvalue weighted by atomic mass is 35.5. The third-order valence-corrected chi connectivity index (χ3v) is 3.28. The molecule has 0 saturated carbocycles. The average Bonchev–Trinajstić information content (AvgIpc) is 2.48. The largest absolute Gasteiger partial charge is 0.493 e. The van der Waals surface area contributed by atoms with Gasteiger partial charge in [-0.2, -0.15) is 0 Å². The highest BCUT2D eigenvalue weighted by Gasteiger charge is 2.18. The van der Waals surface area contributed by atoms with E-state index in [0.717, 1.165) is 0 Å². The lowest BCUT2D eigenvalue weighted by molar-refractivity contribution is 0.327. The lowest BCUT2D eigenvalue weighted by Gasteiger charge is -2.15. The van der Waals surface area contributed by atoms with Crippen LogP contribution in [0.25, 0.3) is 10.8 Å². The summed E-state index contributed by atoms with van der Waals surface area (Å²) in [6.45, 7) is 0.451. The normalized spacial score (nSPS) is 10.6. The van der Waals surface area contributed by atoms with E-state index in [1.54, 1.807) is 16.8 Å². The van der Waals surface area contributed by atoms with Gasteiger partial charge in [0.15, 0.2) is 11.5 Å². The Morgan fingerprint density at radius 1 is 1.10 bits per heavy atom. The number of hydrogen-bond acceptors (Lipinski definition) is 4. The van der Waals surface area contributed by atoms with Crippen LogP contribution in [0.1, 0.15) is 0 Å². The standard InChI is InChI=1S/C14H16ClNO4/c1-18-11-8-10-9(12(19-2)13(11)20-3)4-6-16(7-5-15)14(10)17/h4,6,8H,5,7H2,1-3H3. The van der Waals surface area contributed by atoms with Crippen LogP contribution >= 0.6 is 11.6 Å². The van der Waals surface area contributed by atoms with Gasteiger partial charge in [0.05, 0.1) is 26.7 Å². The number of aryl methyl sites for hydroxylation is 1. The van der Waals surface area contributed by atoms with Crippen LogP contribution in [0.3, 0.4) is 0 Å². The van der Waals surface area contributed by atoms with Gasteiger partial charge in [0.1, 0.15) is 0 Å². The van der Waals surface area contributed by atoms with Crippen molar-refractivity contribution in [2.75, 3.05) is 27.2 Å². The fourth-order valence-electron chi connectivity index (χ4n) is 2.17. The van der Waals surface area contributed by atoms with E-state index in [9.17, 15) is 4.79 Å². The maximum absolute atomic E-state index is 12.4. The maximum atomic E-state index is 12.4. The Bertz CT molecular complexity index is 681. The summed E-state index contributed by atoms with van der Waals surface area (Å²) in [5, 5.41) is 1.19. The zero-order valence-corrected chi connectivity index (χ0v) is 12.4. The van der Waals surface area contributed by atoms with Gasteiger partial charge < -0.3 is 18.8 Å². The van der Waals surface area contributed by atoms with Gasteiger partial charge >= 0.3 is 0 Å². The molecule has 1 aromatic heterocycles. The van der Waals surface area contributed by atoms with E-state index >= 15 is 0 Å². The van der Waals surface area contributed by atoms with E-state index in [1.807, 2.05) is 6.07 Å². The second-order valence-electron chi connectivity index (χ2n) is 4.11. The van der Waals surface area contributed by atoms with E-state index in [4.69, 9.17) is 25.8 Å². The first kappa shape index (κ1) is 14.5. The molecular weight excluding hydrogens is 282 g/mol. The van der Waals surface area contributed by atoms with E-state index in [1.165, 1.54) is 21.3 Å². The van der Waals surface area contributed by atoms with Crippen molar-refractivity contribution in [2.24, 2.45) is 0 Å². The van der Waals surface area contributed by atoms with Gasteiger partial charge in [0.2, 0.25) is 5.75 Å². The number of benzene rings is 1. The number of rotatable bonds is 5. The third-order valence-electron chi connectivity index (χ3n) is 3.11.